The van der Waals surface area contributed by atoms with Gasteiger partial charge in [0.05, 0.1) is 21.5 Å². The summed E-state index contributed by atoms with van der Waals surface area (Å²) in [5, 5.41) is 19.8. The molecule has 2 heterocycles. The van der Waals surface area contributed by atoms with E-state index in [1.807, 2.05) is 26.0 Å². The van der Waals surface area contributed by atoms with Crippen LogP contribution < -0.4 is 0 Å². The van der Waals surface area contributed by atoms with Crippen LogP contribution in [0.5, 0.6) is 0 Å². The van der Waals surface area contributed by atoms with E-state index >= 15 is 0 Å². The van der Waals surface area contributed by atoms with Crippen LogP contribution in [0.15, 0.2) is 59.2 Å². The number of allylic oxidation sites excluding steroid dienone is 1. The molecule has 10 heteroatoms. The van der Waals surface area contributed by atoms with Gasteiger partial charge in [0.2, 0.25) is 10.0 Å². The number of ether oxygens (including phenoxy) is 1. The maximum absolute atomic E-state index is 13.0. The normalized spacial score (nSPS) is 19.7. The minimum Gasteiger partial charge on any atom is -0.507 e. The first-order valence-corrected chi connectivity index (χ1v) is 12.7. The van der Waals surface area contributed by atoms with Crippen molar-refractivity contribution in [1.29, 1.82) is 5.26 Å². The van der Waals surface area contributed by atoms with Crippen LogP contribution in [0.1, 0.15) is 36.5 Å². The van der Waals surface area contributed by atoms with E-state index in [4.69, 9.17) is 4.74 Å². The number of esters is 1. The lowest BCUT2D eigenvalue weighted by molar-refractivity contribution is 0.0502. The number of sulfonamides is 1. The highest BCUT2D eigenvalue weighted by Gasteiger charge is 2.31. The van der Waals surface area contributed by atoms with Crippen molar-refractivity contribution in [2.75, 3.05) is 19.7 Å². The third kappa shape index (κ3) is 5.21. The van der Waals surface area contributed by atoms with Crippen molar-refractivity contribution >= 4 is 32.6 Å². The van der Waals surface area contributed by atoms with E-state index in [9.17, 15) is 23.6 Å². The Kier molecular flexibility index (Phi) is 6.91. The van der Waals surface area contributed by atoms with Crippen LogP contribution in [0, 0.1) is 23.2 Å². The molecule has 1 aromatic heterocycles. The Morgan fingerprint density at radius 1 is 1.17 bits per heavy atom. The number of carbonyl (C=O) groups excluding carboxylic acids is 1. The number of hydrogen-bond acceptors (Lipinski definition) is 7. The van der Waals surface area contributed by atoms with Crippen LogP contribution in [-0.2, 0) is 14.8 Å². The Morgan fingerprint density at radius 2 is 1.83 bits per heavy atom. The molecule has 0 unspecified atom stereocenters. The summed E-state index contributed by atoms with van der Waals surface area (Å²) in [5.41, 5.74) is 1.31. The largest absolute Gasteiger partial charge is 0.507 e. The maximum Gasteiger partial charge on any atom is 0.338 e. The zero-order valence-electron chi connectivity index (χ0n) is 19.4. The van der Waals surface area contributed by atoms with Crippen molar-refractivity contribution in [3.8, 4) is 6.07 Å². The van der Waals surface area contributed by atoms with Crippen LogP contribution in [0.3, 0.4) is 0 Å². The van der Waals surface area contributed by atoms with E-state index in [1.165, 1.54) is 28.6 Å². The number of aliphatic hydroxyl groups excluding tert-OH is 1. The Hall–Kier alpha value is -3.68. The number of benzene rings is 2. The molecule has 182 valence electrons. The van der Waals surface area contributed by atoms with Gasteiger partial charge in [-0.25, -0.2) is 18.2 Å². The van der Waals surface area contributed by atoms with Gasteiger partial charge in [-0.05, 0) is 54.7 Å². The van der Waals surface area contributed by atoms with Gasteiger partial charge in [-0.1, -0.05) is 26.0 Å². The molecular weight excluding hydrogens is 468 g/mol. The fourth-order valence-corrected chi connectivity index (χ4v) is 6.01. The summed E-state index contributed by atoms with van der Waals surface area (Å²) >= 11 is 0. The van der Waals surface area contributed by atoms with Crippen molar-refractivity contribution in [3.05, 3.63) is 65.7 Å². The SMILES string of the molecule is C[C@@H]1C[C@@H](C)CN(S(=O)(=O)c2ccc(C(=O)OCC(O)=C(C#N)c3nc4ccccc4[nH]3)cc2)C1. The van der Waals surface area contributed by atoms with Crippen molar-refractivity contribution in [2.45, 2.75) is 25.2 Å². The summed E-state index contributed by atoms with van der Waals surface area (Å²) in [4.78, 5) is 19.8. The molecule has 35 heavy (non-hydrogen) atoms. The van der Waals surface area contributed by atoms with Crippen molar-refractivity contribution < 1.29 is 23.1 Å². The molecule has 0 saturated carbocycles. The van der Waals surface area contributed by atoms with Gasteiger partial charge in [0.15, 0.2) is 11.6 Å². The van der Waals surface area contributed by atoms with Crippen molar-refractivity contribution in [1.82, 2.24) is 14.3 Å². The van der Waals surface area contributed by atoms with Gasteiger partial charge in [-0.15, -0.1) is 0 Å². The molecule has 2 N–H and O–H groups in total. The minimum atomic E-state index is -3.67. The molecule has 1 aliphatic heterocycles. The number of aromatic amines is 1. The molecule has 9 nitrogen and oxygen atoms in total. The lowest BCUT2D eigenvalue weighted by atomic mass is 9.94. The predicted octanol–water partition coefficient (Wildman–Crippen LogP) is 3.88. The number of piperidine rings is 1. The number of hydrogen-bond donors (Lipinski definition) is 2. The second kappa shape index (κ2) is 9.90. The first kappa shape index (κ1) is 24.4. The van der Waals surface area contributed by atoms with E-state index in [2.05, 4.69) is 9.97 Å². The number of nitrogens with zero attached hydrogens (tertiary/aromatic N) is 3. The fraction of sp³-hybridized carbons (Fsp3) is 0.320. The van der Waals surface area contributed by atoms with E-state index in [0.717, 1.165) is 6.42 Å². The lowest BCUT2D eigenvalue weighted by Gasteiger charge is -2.34. The highest BCUT2D eigenvalue weighted by molar-refractivity contribution is 7.89. The molecule has 0 radical (unpaired) electrons. The number of nitriles is 1. The Bertz CT molecular complexity index is 1380. The van der Waals surface area contributed by atoms with Crippen LogP contribution in [0.4, 0.5) is 0 Å². The van der Waals surface area contributed by atoms with E-state index < -0.39 is 28.4 Å². The standard InChI is InChI=1S/C25H26N4O5S/c1-16-11-17(2)14-29(13-16)35(32,33)19-9-7-18(8-10-19)25(31)34-15-23(30)20(12-26)24-27-21-5-3-4-6-22(21)28-24/h3-10,16-17,30H,11,13-15H2,1-2H3,(H,27,28)/t16-,17-/m1/s1. The average Bonchev–Trinajstić information content (AvgIpc) is 3.26. The van der Waals surface area contributed by atoms with Gasteiger partial charge in [-0.2, -0.15) is 9.57 Å². The fourth-order valence-electron chi connectivity index (χ4n) is 4.33. The highest BCUT2D eigenvalue weighted by Crippen LogP contribution is 2.27. The molecule has 2 aromatic carbocycles. The van der Waals surface area contributed by atoms with Crippen LogP contribution in [-0.4, -0.2) is 53.5 Å². The predicted molar refractivity (Wildman–Crippen MR) is 130 cm³/mol. The minimum absolute atomic E-state index is 0.106. The van der Waals surface area contributed by atoms with Gasteiger partial charge in [0.1, 0.15) is 18.2 Å². The molecule has 0 bridgehead atoms. The number of rotatable bonds is 6. The number of H-pyrrole nitrogens is 1. The molecule has 0 spiro atoms. The molecule has 1 saturated heterocycles. The summed E-state index contributed by atoms with van der Waals surface area (Å²) in [5.74, 6) is -0.490. The lowest BCUT2D eigenvalue weighted by Crippen LogP contribution is -2.42. The quantitative estimate of drug-likeness (QED) is 0.301. The van der Waals surface area contributed by atoms with Crippen LogP contribution >= 0.6 is 0 Å². The third-order valence-electron chi connectivity index (χ3n) is 5.93. The second-order valence-corrected chi connectivity index (χ2v) is 10.8. The number of carbonyl (C=O) groups is 1. The summed E-state index contributed by atoms with van der Waals surface area (Å²) in [6.45, 7) is 4.46. The Morgan fingerprint density at radius 3 is 2.46 bits per heavy atom. The maximum atomic E-state index is 13.0. The summed E-state index contributed by atoms with van der Waals surface area (Å²) in [6.07, 6.45) is 0.988. The molecule has 1 fully saturated rings. The topological polar surface area (TPSA) is 136 Å². The highest BCUT2D eigenvalue weighted by atomic mass is 32.2. The van der Waals surface area contributed by atoms with Crippen LogP contribution in [0.25, 0.3) is 16.6 Å². The summed E-state index contributed by atoms with van der Waals surface area (Å²) in [6, 6.07) is 14.5. The van der Waals surface area contributed by atoms with E-state index in [-0.39, 0.29) is 33.7 Å². The van der Waals surface area contributed by atoms with Gasteiger partial charge in [-0.3, -0.25) is 0 Å². The van der Waals surface area contributed by atoms with E-state index in [1.54, 1.807) is 18.2 Å². The second-order valence-electron chi connectivity index (χ2n) is 8.90. The molecule has 2 atom stereocenters. The number of fused-ring (bicyclic) bond motifs is 1. The van der Waals surface area contributed by atoms with Crippen molar-refractivity contribution in [2.24, 2.45) is 11.8 Å². The molecule has 3 aromatic rings. The number of para-hydroxylation sites is 2. The monoisotopic (exact) mass is 494 g/mol. The molecular formula is C25H26N4O5S. The van der Waals surface area contributed by atoms with Gasteiger partial charge < -0.3 is 14.8 Å². The molecule has 0 aliphatic carbocycles. The van der Waals surface area contributed by atoms with Gasteiger partial charge in [0.25, 0.3) is 0 Å². The average molecular weight is 495 g/mol. The number of imidazole rings is 1. The summed E-state index contributed by atoms with van der Waals surface area (Å²) in [7, 11) is -3.67. The molecule has 4 rings (SSSR count). The Balaban J connectivity index is 1.45. The molecule has 0 amide bonds. The zero-order valence-corrected chi connectivity index (χ0v) is 20.2. The van der Waals surface area contributed by atoms with Crippen LogP contribution in [0.2, 0.25) is 0 Å². The number of aromatic nitrogens is 2. The Labute approximate surface area is 203 Å². The van der Waals surface area contributed by atoms with Gasteiger partial charge >= 0.3 is 5.97 Å². The number of aliphatic hydroxyl groups is 1. The van der Waals surface area contributed by atoms with E-state index in [0.29, 0.717) is 24.1 Å². The van der Waals surface area contributed by atoms with Gasteiger partial charge in [0, 0.05) is 13.1 Å². The zero-order chi connectivity index (χ0) is 25.2. The molecule has 1 aliphatic rings. The van der Waals surface area contributed by atoms with Crippen molar-refractivity contribution in [3.63, 3.8) is 0 Å². The number of nitrogens with one attached hydrogen (secondary N) is 1. The summed E-state index contributed by atoms with van der Waals surface area (Å²) < 4.78 is 32.7. The smallest absolute Gasteiger partial charge is 0.338 e. The third-order valence-corrected chi connectivity index (χ3v) is 7.78. The first-order chi connectivity index (χ1) is 16.7. The first-order valence-electron chi connectivity index (χ1n) is 11.2.